The molecule has 0 spiro atoms. The Balaban J connectivity index is 2.02. The number of fused-ring (bicyclic) bond motifs is 1. The predicted molar refractivity (Wildman–Crippen MR) is 66.1 cm³/mol. The molecule has 4 nitrogen and oxygen atoms in total. The Morgan fingerprint density at radius 2 is 2.06 bits per heavy atom. The van der Waals surface area contributed by atoms with Crippen LogP contribution in [0.2, 0.25) is 0 Å². The molecule has 2 aromatic rings. The van der Waals surface area contributed by atoms with Gasteiger partial charge in [-0.15, -0.1) is 5.10 Å². The summed E-state index contributed by atoms with van der Waals surface area (Å²) < 4.78 is 1.95. The number of benzene rings is 1. The zero-order valence-electron chi connectivity index (χ0n) is 9.93. The highest BCUT2D eigenvalue weighted by Crippen LogP contribution is 2.21. The molecule has 0 radical (unpaired) electrons. The van der Waals surface area contributed by atoms with Crippen LogP contribution in [0.25, 0.3) is 5.69 Å². The maximum atomic E-state index is 5.94. The summed E-state index contributed by atoms with van der Waals surface area (Å²) in [5.74, 6) is 0. The Morgan fingerprint density at radius 1 is 1.29 bits per heavy atom. The molecule has 3 rings (SSSR count). The number of rotatable bonds is 1. The van der Waals surface area contributed by atoms with Gasteiger partial charge in [0.25, 0.3) is 0 Å². The van der Waals surface area contributed by atoms with E-state index in [4.69, 9.17) is 5.73 Å². The number of aryl methyl sites for hydroxylation is 1. The smallest absolute Gasteiger partial charge is 0.0879 e. The van der Waals surface area contributed by atoms with Gasteiger partial charge in [-0.2, -0.15) is 0 Å². The van der Waals surface area contributed by atoms with Crippen LogP contribution in [0.4, 0.5) is 0 Å². The number of aromatic nitrogens is 3. The summed E-state index contributed by atoms with van der Waals surface area (Å²) in [6.45, 7) is 2.08. The van der Waals surface area contributed by atoms with E-state index in [1.807, 2.05) is 4.68 Å². The van der Waals surface area contributed by atoms with Gasteiger partial charge in [0, 0.05) is 12.5 Å². The summed E-state index contributed by atoms with van der Waals surface area (Å²) in [5, 5.41) is 8.48. The van der Waals surface area contributed by atoms with Crippen molar-refractivity contribution in [1.82, 2.24) is 15.0 Å². The van der Waals surface area contributed by atoms with Gasteiger partial charge in [0.2, 0.25) is 0 Å². The topological polar surface area (TPSA) is 56.7 Å². The van der Waals surface area contributed by atoms with E-state index in [1.54, 1.807) is 0 Å². The normalized spacial score (nSPS) is 19.1. The molecule has 17 heavy (non-hydrogen) atoms. The van der Waals surface area contributed by atoms with Crippen molar-refractivity contribution in [3.63, 3.8) is 0 Å². The van der Waals surface area contributed by atoms with E-state index in [0.717, 1.165) is 30.6 Å². The molecule has 2 N–H and O–H groups in total. The Labute approximate surface area is 100 Å². The molecular weight excluding hydrogens is 212 g/mol. The first-order chi connectivity index (χ1) is 8.24. The molecule has 1 aliphatic rings. The minimum absolute atomic E-state index is 0.241. The molecule has 1 aromatic carbocycles. The number of hydrogen-bond acceptors (Lipinski definition) is 3. The maximum absolute atomic E-state index is 5.94. The highest BCUT2D eigenvalue weighted by molar-refractivity contribution is 5.36. The van der Waals surface area contributed by atoms with Gasteiger partial charge in [0.05, 0.1) is 17.1 Å². The Morgan fingerprint density at radius 3 is 2.82 bits per heavy atom. The lowest BCUT2D eigenvalue weighted by molar-refractivity contribution is 0.559. The van der Waals surface area contributed by atoms with Crippen molar-refractivity contribution in [3.8, 4) is 5.69 Å². The van der Waals surface area contributed by atoms with Crippen molar-refractivity contribution in [3.05, 3.63) is 41.2 Å². The third kappa shape index (κ3) is 1.85. The lowest BCUT2D eigenvalue weighted by Gasteiger charge is -2.17. The maximum Gasteiger partial charge on any atom is 0.0879 e. The third-order valence-electron chi connectivity index (χ3n) is 3.33. The van der Waals surface area contributed by atoms with Crippen LogP contribution in [-0.4, -0.2) is 21.0 Å². The summed E-state index contributed by atoms with van der Waals surface area (Å²) in [4.78, 5) is 0. The van der Waals surface area contributed by atoms with Gasteiger partial charge in [-0.25, -0.2) is 4.68 Å². The molecular formula is C13H16N4. The average Bonchev–Trinajstić information content (AvgIpc) is 2.73. The molecule has 88 valence electrons. The fraction of sp³-hybridized carbons (Fsp3) is 0.385. The molecule has 1 aliphatic carbocycles. The highest BCUT2D eigenvalue weighted by atomic mass is 15.4. The molecule has 4 heteroatoms. The fourth-order valence-corrected chi connectivity index (χ4v) is 2.31. The van der Waals surface area contributed by atoms with Crippen molar-refractivity contribution in [1.29, 1.82) is 0 Å². The number of hydrogen-bond donors (Lipinski definition) is 1. The Bertz CT molecular complexity index is 527. The second-order valence-corrected chi connectivity index (χ2v) is 4.73. The lowest BCUT2D eigenvalue weighted by Crippen LogP contribution is -2.28. The quantitative estimate of drug-likeness (QED) is 0.802. The van der Waals surface area contributed by atoms with Crippen LogP contribution >= 0.6 is 0 Å². The van der Waals surface area contributed by atoms with E-state index in [9.17, 15) is 0 Å². The van der Waals surface area contributed by atoms with Crippen LogP contribution in [0.3, 0.4) is 0 Å². The first kappa shape index (κ1) is 10.5. The molecule has 1 unspecified atom stereocenters. The van der Waals surface area contributed by atoms with Gasteiger partial charge in [-0.1, -0.05) is 22.9 Å². The van der Waals surface area contributed by atoms with Crippen LogP contribution in [0.5, 0.6) is 0 Å². The second kappa shape index (κ2) is 3.96. The van der Waals surface area contributed by atoms with E-state index in [-0.39, 0.29) is 6.04 Å². The van der Waals surface area contributed by atoms with E-state index in [2.05, 4.69) is 41.5 Å². The summed E-state index contributed by atoms with van der Waals surface area (Å²) in [5.41, 5.74) is 10.6. The first-order valence-corrected chi connectivity index (χ1v) is 6.00. The van der Waals surface area contributed by atoms with E-state index in [0.29, 0.717) is 0 Å². The lowest BCUT2D eigenvalue weighted by atomic mass is 9.96. The molecule has 0 bridgehead atoms. The summed E-state index contributed by atoms with van der Waals surface area (Å²) in [6, 6.07) is 8.60. The van der Waals surface area contributed by atoms with Gasteiger partial charge in [0.1, 0.15) is 0 Å². The zero-order chi connectivity index (χ0) is 11.8. The van der Waals surface area contributed by atoms with Crippen LogP contribution in [-0.2, 0) is 12.8 Å². The Hall–Kier alpha value is -1.68. The summed E-state index contributed by atoms with van der Waals surface area (Å²) in [7, 11) is 0. The van der Waals surface area contributed by atoms with Crippen molar-refractivity contribution < 1.29 is 0 Å². The van der Waals surface area contributed by atoms with Crippen LogP contribution < -0.4 is 5.73 Å². The first-order valence-electron chi connectivity index (χ1n) is 6.00. The van der Waals surface area contributed by atoms with E-state index in [1.165, 1.54) is 11.3 Å². The second-order valence-electron chi connectivity index (χ2n) is 4.73. The van der Waals surface area contributed by atoms with Crippen molar-refractivity contribution in [2.75, 3.05) is 0 Å². The van der Waals surface area contributed by atoms with Gasteiger partial charge in [-0.05, 0) is 31.9 Å². The Kier molecular flexibility index (Phi) is 2.44. The van der Waals surface area contributed by atoms with Crippen LogP contribution in [0.15, 0.2) is 24.3 Å². The van der Waals surface area contributed by atoms with Gasteiger partial charge in [-0.3, -0.25) is 0 Å². The van der Waals surface area contributed by atoms with E-state index >= 15 is 0 Å². The molecule has 0 fully saturated rings. The SMILES string of the molecule is Cc1ccc(-n2nnc3c2CCC(N)C3)cc1. The minimum Gasteiger partial charge on any atom is -0.327 e. The minimum atomic E-state index is 0.241. The van der Waals surface area contributed by atoms with Crippen LogP contribution in [0, 0.1) is 6.92 Å². The fourth-order valence-electron chi connectivity index (χ4n) is 2.31. The highest BCUT2D eigenvalue weighted by Gasteiger charge is 2.21. The number of nitrogens with zero attached hydrogens (tertiary/aromatic N) is 3. The molecule has 0 aliphatic heterocycles. The summed E-state index contributed by atoms with van der Waals surface area (Å²) in [6.07, 6.45) is 2.84. The molecule has 0 saturated carbocycles. The molecule has 1 atom stereocenters. The molecule has 1 aromatic heterocycles. The molecule has 1 heterocycles. The average molecular weight is 228 g/mol. The van der Waals surface area contributed by atoms with E-state index < -0.39 is 0 Å². The third-order valence-corrected chi connectivity index (χ3v) is 3.33. The zero-order valence-corrected chi connectivity index (χ0v) is 9.93. The number of nitrogens with two attached hydrogens (primary N) is 1. The monoisotopic (exact) mass is 228 g/mol. The molecule has 0 amide bonds. The van der Waals surface area contributed by atoms with Crippen molar-refractivity contribution in [2.24, 2.45) is 5.73 Å². The van der Waals surface area contributed by atoms with Gasteiger partial charge >= 0.3 is 0 Å². The van der Waals surface area contributed by atoms with Crippen molar-refractivity contribution in [2.45, 2.75) is 32.2 Å². The van der Waals surface area contributed by atoms with Gasteiger partial charge < -0.3 is 5.73 Å². The van der Waals surface area contributed by atoms with Crippen LogP contribution in [0.1, 0.15) is 23.4 Å². The molecule has 0 saturated heterocycles. The van der Waals surface area contributed by atoms with Gasteiger partial charge in [0.15, 0.2) is 0 Å². The van der Waals surface area contributed by atoms with Crippen molar-refractivity contribution >= 4 is 0 Å². The standard InChI is InChI=1S/C13H16N4/c1-9-2-5-11(6-3-9)17-13-7-4-10(14)8-12(13)15-16-17/h2-3,5-6,10H,4,7-8,14H2,1H3. The summed E-state index contributed by atoms with van der Waals surface area (Å²) >= 11 is 0. The largest absolute Gasteiger partial charge is 0.327 e. The predicted octanol–water partition coefficient (Wildman–Crippen LogP) is 1.39.